The number of nitrogens with two attached hydrogens (primary N) is 1. The number of ether oxygens (including phenoxy) is 1. The molecule has 0 radical (unpaired) electrons. The summed E-state index contributed by atoms with van der Waals surface area (Å²) in [6.07, 6.45) is 2.05. The van der Waals surface area contributed by atoms with Gasteiger partial charge in [0.15, 0.2) is 0 Å². The smallest absolute Gasteiger partial charge is 0.248 e. The summed E-state index contributed by atoms with van der Waals surface area (Å²) >= 11 is 0. The highest BCUT2D eigenvalue weighted by Crippen LogP contribution is 2.22. The van der Waals surface area contributed by atoms with Crippen molar-refractivity contribution >= 4 is 35.0 Å². The number of hydrogen-bond donors (Lipinski definition) is 2. The van der Waals surface area contributed by atoms with Crippen LogP contribution in [-0.4, -0.2) is 79.2 Å². The van der Waals surface area contributed by atoms with E-state index in [4.69, 9.17) is 15.5 Å². The molecule has 192 valence electrons. The number of rotatable bonds is 7. The number of carbonyl (C=O) groups is 2. The molecule has 0 aliphatic carbocycles. The van der Waals surface area contributed by atoms with Gasteiger partial charge in [0.2, 0.25) is 17.8 Å². The molecule has 2 aromatic carbocycles. The van der Waals surface area contributed by atoms with E-state index in [1.807, 2.05) is 23.1 Å². The molecule has 2 amide bonds. The average Bonchev–Trinajstić information content (AvgIpc) is 2.94. The lowest BCUT2D eigenvalue weighted by atomic mass is 10.1. The SMILES string of the molecule is NC(=O)c1ccc(CC(=O)N2CCN(c3ccnc(Nc4ccc(N5CCOCC5)cc4)n3)CC2)cc1. The Bertz CT molecular complexity index is 1220. The quantitative estimate of drug-likeness (QED) is 0.505. The van der Waals surface area contributed by atoms with Crippen LogP contribution in [0.2, 0.25) is 0 Å². The maximum absolute atomic E-state index is 12.8. The number of morpholine rings is 1. The summed E-state index contributed by atoms with van der Waals surface area (Å²) in [5.74, 6) is 0.960. The van der Waals surface area contributed by atoms with Crippen LogP contribution in [0.1, 0.15) is 15.9 Å². The highest BCUT2D eigenvalue weighted by Gasteiger charge is 2.22. The number of carbonyl (C=O) groups excluding carboxylic acids is 2. The van der Waals surface area contributed by atoms with Gasteiger partial charge in [-0.05, 0) is 48.0 Å². The fourth-order valence-corrected chi connectivity index (χ4v) is 4.55. The lowest BCUT2D eigenvalue weighted by Gasteiger charge is -2.35. The Balaban J connectivity index is 1.14. The molecule has 10 heteroatoms. The molecule has 0 bridgehead atoms. The minimum absolute atomic E-state index is 0.0667. The molecule has 3 aromatic rings. The summed E-state index contributed by atoms with van der Waals surface area (Å²) in [6, 6.07) is 17.0. The summed E-state index contributed by atoms with van der Waals surface area (Å²) < 4.78 is 5.43. The Kier molecular flexibility index (Phi) is 7.46. The normalized spacial score (nSPS) is 15.9. The first-order valence-corrected chi connectivity index (χ1v) is 12.5. The Hall–Kier alpha value is -4.18. The van der Waals surface area contributed by atoms with Crippen molar-refractivity contribution in [1.29, 1.82) is 0 Å². The van der Waals surface area contributed by atoms with Gasteiger partial charge < -0.3 is 30.5 Å². The molecule has 0 saturated carbocycles. The van der Waals surface area contributed by atoms with E-state index in [0.29, 0.717) is 44.1 Å². The second-order valence-corrected chi connectivity index (χ2v) is 9.12. The Labute approximate surface area is 216 Å². The first kappa shape index (κ1) is 24.5. The van der Waals surface area contributed by atoms with E-state index in [9.17, 15) is 9.59 Å². The molecular weight excluding hydrogens is 470 g/mol. The maximum atomic E-state index is 12.8. The minimum Gasteiger partial charge on any atom is -0.378 e. The van der Waals surface area contributed by atoms with Gasteiger partial charge in [-0.2, -0.15) is 4.98 Å². The van der Waals surface area contributed by atoms with Gasteiger partial charge in [-0.25, -0.2) is 4.98 Å². The van der Waals surface area contributed by atoms with Gasteiger partial charge in [-0.15, -0.1) is 0 Å². The topological polar surface area (TPSA) is 117 Å². The van der Waals surface area contributed by atoms with E-state index in [-0.39, 0.29) is 5.91 Å². The molecule has 0 spiro atoms. The van der Waals surface area contributed by atoms with E-state index in [2.05, 4.69) is 32.2 Å². The molecule has 1 aromatic heterocycles. The second kappa shape index (κ2) is 11.3. The molecule has 5 rings (SSSR count). The van der Waals surface area contributed by atoms with Crippen molar-refractivity contribution < 1.29 is 14.3 Å². The van der Waals surface area contributed by atoms with Gasteiger partial charge in [-0.3, -0.25) is 9.59 Å². The number of nitrogens with zero attached hydrogens (tertiary/aromatic N) is 5. The number of aromatic nitrogens is 2. The van der Waals surface area contributed by atoms with Crippen LogP contribution in [0, 0.1) is 0 Å². The summed E-state index contributed by atoms with van der Waals surface area (Å²) in [4.78, 5) is 39.4. The number of piperazine rings is 1. The molecule has 10 nitrogen and oxygen atoms in total. The number of primary amides is 1. The first-order chi connectivity index (χ1) is 18.0. The highest BCUT2D eigenvalue weighted by atomic mass is 16.5. The summed E-state index contributed by atoms with van der Waals surface area (Å²) in [5.41, 5.74) is 8.69. The average molecular weight is 502 g/mol. The molecule has 3 N–H and O–H groups in total. The van der Waals surface area contributed by atoms with Crippen LogP contribution >= 0.6 is 0 Å². The van der Waals surface area contributed by atoms with E-state index >= 15 is 0 Å². The number of nitrogens with one attached hydrogen (secondary N) is 1. The van der Waals surface area contributed by atoms with Gasteiger partial charge >= 0.3 is 0 Å². The zero-order valence-electron chi connectivity index (χ0n) is 20.7. The predicted octanol–water partition coefficient (Wildman–Crippen LogP) is 2.05. The molecular formula is C27H31N7O3. The lowest BCUT2D eigenvalue weighted by molar-refractivity contribution is -0.130. The third kappa shape index (κ3) is 6.15. The summed E-state index contributed by atoms with van der Waals surface area (Å²) in [6.45, 7) is 5.95. The molecule has 37 heavy (non-hydrogen) atoms. The van der Waals surface area contributed by atoms with E-state index in [1.54, 1.807) is 30.5 Å². The van der Waals surface area contributed by atoms with Crippen LogP contribution < -0.4 is 20.9 Å². The van der Waals surface area contributed by atoms with Crippen molar-refractivity contribution in [2.24, 2.45) is 5.73 Å². The Morgan fingerprint density at radius 1 is 0.865 bits per heavy atom. The molecule has 2 saturated heterocycles. The van der Waals surface area contributed by atoms with Gasteiger partial charge in [-0.1, -0.05) is 12.1 Å². The fourth-order valence-electron chi connectivity index (χ4n) is 4.55. The van der Waals surface area contributed by atoms with E-state index in [0.717, 1.165) is 43.4 Å². The number of amides is 2. The largest absolute Gasteiger partial charge is 0.378 e. The van der Waals surface area contributed by atoms with Crippen molar-refractivity contribution in [2.45, 2.75) is 6.42 Å². The molecule has 0 atom stereocenters. The number of benzene rings is 2. The van der Waals surface area contributed by atoms with Gasteiger partial charge in [0.05, 0.1) is 19.6 Å². The van der Waals surface area contributed by atoms with E-state index in [1.165, 1.54) is 5.69 Å². The second-order valence-electron chi connectivity index (χ2n) is 9.12. The Morgan fingerprint density at radius 2 is 1.57 bits per heavy atom. The maximum Gasteiger partial charge on any atom is 0.248 e. The van der Waals surface area contributed by atoms with Crippen LogP contribution in [0.15, 0.2) is 60.8 Å². The minimum atomic E-state index is -0.473. The number of hydrogen-bond acceptors (Lipinski definition) is 8. The molecule has 2 fully saturated rings. The van der Waals surface area contributed by atoms with E-state index < -0.39 is 5.91 Å². The molecule has 2 aliphatic heterocycles. The van der Waals surface area contributed by atoms with Crippen molar-refractivity contribution in [2.75, 3.05) is 67.6 Å². The third-order valence-electron chi connectivity index (χ3n) is 6.69. The van der Waals surface area contributed by atoms with Crippen molar-refractivity contribution in [3.05, 3.63) is 71.9 Å². The third-order valence-corrected chi connectivity index (χ3v) is 6.69. The van der Waals surface area contributed by atoms with Crippen LogP contribution in [0.25, 0.3) is 0 Å². The first-order valence-electron chi connectivity index (χ1n) is 12.5. The molecule has 0 unspecified atom stereocenters. The zero-order valence-corrected chi connectivity index (χ0v) is 20.7. The van der Waals surface area contributed by atoms with Gasteiger partial charge in [0, 0.05) is 62.4 Å². The van der Waals surface area contributed by atoms with Crippen LogP contribution in [0.3, 0.4) is 0 Å². The molecule has 3 heterocycles. The van der Waals surface area contributed by atoms with Crippen LogP contribution in [0.4, 0.5) is 23.1 Å². The number of anilines is 4. The monoisotopic (exact) mass is 501 g/mol. The van der Waals surface area contributed by atoms with Crippen LogP contribution in [-0.2, 0) is 16.0 Å². The zero-order chi connectivity index (χ0) is 25.6. The highest BCUT2D eigenvalue weighted by molar-refractivity contribution is 5.92. The van der Waals surface area contributed by atoms with Crippen molar-refractivity contribution in [3.63, 3.8) is 0 Å². The van der Waals surface area contributed by atoms with Gasteiger partial charge in [0.25, 0.3) is 0 Å². The van der Waals surface area contributed by atoms with Crippen molar-refractivity contribution in [1.82, 2.24) is 14.9 Å². The lowest BCUT2D eigenvalue weighted by Crippen LogP contribution is -2.49. The fraction of sp³-hybridized carbons (Fsp3) is 0.333. The summed E-state index contributed by atoms with van der Waals surface area (Å²) in [7, 11) is 0. The molecule has 2 aliphatic rings. The summed E-state index contributed by atoms with van der Waals surface area (Å²) in [5, 5.41) is 3.29. The van der Waals surface area contributed by atoms with Crippen molar-refractivity contribution in [3.8, 4) is 0 Å². The van der Waals surface area contributed by atoms with Crippen LogP contribution in [0.5, 0.6) is 0 Å². The predicted molar refractivity (Wildman–Crippen MR) is 142 cm³/mol. The Morgan fingerprint density at radius 3 is 2.24 bits per heavy atom. The van der Waals surface area contributed by atoms with Gasteiger partial charge in [0.1, 0.15) is 5.82 Å². The standard InChI is InChI=1S/C27H31N7O3/c28-26(36)21-3-1-20(2-4-21)19-25(35)34-13-11-33(12-14-34)24-9-10-29-27(31-24)30-22-5-7-23(8-6-22)32-15-17-37-18-16-32/h1-10H,11-19H2,(H2,28,36)(H,29,30,31).